The Bertz CT molecular complexity index is 290. The number of hydrogen-bond acceptors (Lipinski definition) is 4. The van der Waals surface area contributed by atoms with Crippen molar-refractivity contribution in [3.63, 3.8) is 0 Å². The first-order valence-corrected chi connectivity index (χ1v) is 6.95. The lowest BCUT2D eigenvalue weighted by Crippen LogP contribution is -2.51. The molecule has 2 fully saturated rings. The van der Waals surface area contributed by atoms with Crippen LogP contribution < -0.4 is 5.73 Å². The van der Waals surface area contributed by atoms with Crippen molar-refractivity contribution in [1.29, 1.82) is 0 Å². The monoisotopic (exact) mass is 256 g/mol. The lowest BCUT2D eigenvalue weighted by Gasteiger charge is -2.29. The van der Waals surface area contributed by atoms with E-state index in [1.807, 2.05) is 0 Å². The third-order valence-corrected chi connectivity index (χ3v) is 4.38. The van der Waals surface area contributed by atoms with Crippen molar-refractivity contribution in [2.75, 3.05) is 32.8 Å². The molecule has 1 aliphatic heterocycles. The summed E-state index contributed by atoms with van der Waals surface area (Å²) in [5.41, 5.74) is 5.07. The fraction of sp³-hybridized carbons (Fsp3) is 0.923. The summed E-state index contributed by atoms with van der Waals surface area (Å²) >= 11 is 0. The van der Waals surface area contributed by atoms with Crippen molar-refractivity contribution in [2.45, 2.75) is 37.6 Å². The Kier molecular flexibility index (Phi) is 4.59. The molecule has 2 unspecified atom stereocenters. The molecule has 1 heterocycles. The summed E-state index contributed by atoms with van der Waals surface area (Å²) in [5, 5.41) is 9.27. The molecule has 2 rings (SSSR count). The maximum Gasteiger partial charge on any atom is 0.323 e. The first kappa shape index (κ1) is 13.8. The second-order valence-electron chi connectivity index (χ2n) is 5.53. The van der Waals surface area contributed by atoms with Crippen LogP contribution in [0.1, 0.15) is 32.1 Å². The molecule has 0 amide bonds. The Morgan fingerprint density at radius 3 is 3.00 bits per heavy atom. The number of carbonyl (C=O) groups is 1. The Balaban J connectivity index is 1.83. The molecular formula is C13H24N2O3. The predicted octanol–water partition coefficient (Wildman–Crippen LogP) is 0.681. The topological polar surface area (TPSA) is 75.8 Å². The van der Waals surface area contributed by atoms with Crippen molar-refractivity contribution in [1.82, 2.24) is 4.90 Å². The molecule has 0 bridgehead atoms. The van der Waals surface area contributed by atoms with Crippen LogP contribution in [0.2, 0.25) is 0 Å². The van der Waals surface area contributed by atoms with Gasteiger partial charge in [0.1, 0.15) is 5.54 Å². The van der Waals surface area contributed by atoms with E-state index in [4.69, 9.17) is 10.5 Å². The molecule has 0 radical (unpaired) electrons. The quantitative estimate of drug-likeness (QED) is 0.773. The average Bonchev–Trinajstić information content (AvgIpc) is 2.57. The second kappa shape index (κ2) is 5.99. The van der Waals surface area contributed by atoms with Gasteiger partial charge in [0.15, 0.2) is 0 Å². The number of nitrogens with zero attached hydrogens (tertiary/aromatic N) is 1. The number of ether oxygens (including phenoxy) is 1. The van der Waals surface area contributed by atoms with Gasteiger partial charge in [-0.1, -0.05) is 6.42 Å². The number of carboxylic acid groups (broad SMARTS) is 1. The van der Waals surface area contributed by atoms with E-state index in [-0.39, 0.29) is 5.92 Å². The predicted molar refractivity (Wildman–Crippen MR) is 68.4 cm³/mol. The summed E-state index contributed by atoms with van der Waals surface area (Å²) in [5.74, 6) is -0.705. The van der Waals surface area contributed by atoms with Crippen LogP contribution >= 0.6 is 0 Å². The fourth-order valence-electron chi connectivity index (χ4n) is 3.15. The van der Waals surface area contributed by atoms with Crippen LogP contribution in [0, 0.1) is 5.92 Å². The van der Waals surface area contributed by atoms with Gasteiger partial charge in [0.05, 0.1) is 6.61 Å². The molecule has 1 saturated carbocycles. The summed E-state index contributed by atoms with van der Waals surface area (Å²) in [7, 11) is 0. The first-order valence-electron chi connectivity index (χ1n) is 6.95. The van der Waals surface area contributed by atoms with E-state index in [0.717, 1.165) is 58.5 Å². The van der Waals surface area contributed by atoms with Gasteiger partial charge in [-0.3, -0.25) is 4.79 Å². The highest BCUT2D eigenvalue weighted by Gasteiger charge is 2.45. The molecule has 0 aromatic heterocycles. The minimum absolute atomic E-state index is 0.124. The van der Waals surface area contributed by atoms with E-state index in [1.54, 1.807) is 0 Å². The zero-order chi connectivity index (χ0) is 13.0. The number of hydrogen-bond donors (Lipinski definition) is 2. The average molecular weight is 256 g/mol. The van der Waals surface area contributed by atoms with Gasteiger partial charge < -0.3 is 20.5 Å². The minimum Gasteiger partial charge on any atom is -0.480 e. The van der Waals surface area contributed by atoms with E-state index < -0.39 is 11.5 Å². The zero-order valence-electron chi connectivity index (χ0n) is 10.9. The van der Waals surface area contributed by atoms with Crippen molar-refractivity contribution < 1.29 is 14.6 Å². The molecule has 5 nitrogen and oxygen atoms in total. The minimum atomic E-state index is -0.984. The summed E-state index contributed by atoms with van der Waals surface area (Å²) in [6.45, 7) is 4.59. The number of aliphatic carboxylic acids is 1. The molecule has 1 aliphatic carbocycles. The van der Waals surface area contributed by atoms with Gasteiger partial charge in [-0.25, -0.2) is 0 Å². The molecule has 1 saturated heterocycles. The van der Waals surface area contributed by atoms with E-state index in [1.165, 1.54) is 0 Å². The second-order valence-corrected chi connectivity index (χ2v) is 5.53. The highest BCUT2D eigenvalue weighted by Crippen LogP contribution is 2.36. The van der Waals surface area contributed by atoms with Crippen LogP contribution in [0.3, 0.4) is 0 Å². The molecule has 2 atom stereocenters. The maximum atomic E-state index is 11.3. The summed E-state index contributed by atoms with van der Waals surface area (Å²) < 4.78 is 5.42. The normalized spacial score (nSPS) is 34.4. The standard InChI is InChI=1S/C13H24N2O3/c14-13(12(16)17)5-1-3-11(13)4-7-15-6-2-9-18-10-8-15/h11H,1-10,14H2,(H,16,17). The van der Waals surface area contributed by atoms with Gasteiger partial charge in [0.2, 0.25) is 0 Å². The lowest BCUT2D eigenvalue weighted by atomic mass is 9.85. The maximum absolute atomic E-state index is 11.3. The van der Waals surface area contributed by atoms with Crippen molar-refractivity contribution in [2.24, 2.45) is 11.7 Å². The van der Waals surface area contributed by atoms with E-state index in [2.05, 4.69) is 4.90 Å². The fourth-order valence-corrected chi connectivity index (χ4v) is 3.15. The third-order valence-electron chi connectivity index (χ3n) is 4.38. The number of nitrogens with two attached hydrogens (primary N) is 1. The largest absolute Gasteiger partial charge is 0.480 e. The van der Waals surface area contributed by atoms with Gasteiger partial charge in [-0.15, -0.1) is 0 Å². The van der Waals surface area contributed by atoms with Crippen molar-refractivity contribution >= 4 is 5.97 Å². The van der Waals surface area contributed by atoms with Gasteiger partial charge in [0.25, 0.3) is 0 Å². The van der Waals surface area contributed by atoms with Crippen LogP contribution in [-0.4, -0.2) is 54.4 Å². The van der Waals surface area contributed by atoms with Gasteiger partial charge in [0, 0.05) is 19.7 Å². The van der Waals surface area contributed by atoms with Crippen LogP contribution in [0.5, 0.6) is 0 Å². The van der Waals surface area contributed by atoms with Crippen LogP contribution in [0.25, 0.3) is 0 Å². The van der Waals surface area contributed by atoms with E-state index >= 15 is 0 Å². The summed E-state index contributed by atoms with van der Waals surface area (Å²) in [6.07, 6.45) is 4.47. The van der Waals surface area contributed by atoms with Gasteiger partial charge in [-0.05, 0) is 38.1 Å². The third kappa shape index (κ3) is 3.02. The smallest absolute Gasteiger partial charge is 0.323 e. The summed E-state index contributed by atoms with van der Waals surface area (Å²) in [4.78, 5) is 13.6. The lowest BCUT2D eigenvalue weighted by molar-refractivity contribution is -0.144. The zero-order valence-corrected chi connectivity index (χ0v) is 10.9. The van der Waals surface area contributed by atoms with Crippen LogP contribution in [0.15, 0.2) is 0 Å². The van der Waals surface area contributed by atoms with E-state index in [0.29, 0.717) is 6.42 Å². The Hall–Kier alpha value is -0.650. The molecule has 18 heavy (non-hydrogen) atoms. The number of rotatable bonds is 4. The van der Waals surface area contributed by atoms with Crippen molar-refractivity contribution in [3.8, 4) is 0 Å². The van der Waals surface area contributed by atoms with Crippen LogP contribution in [0.4, 0.5) is 0 Å². The molecule has 0 aromatic rings. The molecule has 2 aliphatic rings. The molecule has 0 spiro atoms. The Morgan fingerprint density at radius 2 is 2.22 bits per heavy atom. The van der Waals surface area contributed by atoms with Crippen molar-refractivity contribution in [3.05, 3.63) is 0 Å². The van der Waals surface area contributed by atoms with E-state index in [9.17, 15) is 9.90 Å². The highest BCUT2D eigenvalue weighted by atomic mass is 16.5. The Labute approximate surface area is 108 Å². The summed E-state index contributed by atoms with van der Waals surface area (Å²) in [6, 6.07) is 0. The highest BCUT2D eigenvalue weighted by molar-refractivity contribution is 5.79. The molecule has 3 N–H and O–H groups in total. The first-order chi connectivity index (χ1) is 8.63. The Morgan fingerprint density at radius 1 is 1.39 bits per heavy atom. The SMILES string of the molecule is NC1(C(=O)O)CCCC1CCN1CCCOCC1. The van der Waals surface area contributed by atoms with Gasteiger partial charge in [-0.2, -0.15) is 0 Å². The molecular weight excluding hydrogens is 232 g/mol. The molecule has 104 valence electrons. The molecule has 0 aromatic carbocycles. The number of carboxylic acids is 1. The van der Waals surface area contributed by atoms with Crippen LogP contribution in [-0.2, 0) is 9.53 Å². The van der Waals surface area contributed by atoms with Gasteiger partial charge >= 0.3 is 5.97 Å². The molecule has 5 heteroatoms.